The van der Waals surface area contributed by atoms with Crippen LogP contribution in [-0.2, 0) is 0 Å². The zero-order valence-corrected chi connectivity index (χ0v) is 13.2. The van der Waals surface area contributed by atoms with Crippen LogP contribution in [0.5, 0.6) is 0 Å². The second kappa shape index (κ2) is 6.44. The van der Waals surface area contributed by atoms with Crippen LogP contribution in [0.2, 0.25) is 10.0 Å². The summed E-state index contributed by atoms with van der Waals surface area (Å²) in [6.45, 7) is 2.06. The number of nitrogens with one attached hydrogen (secondary N) is 1. The Bertz CT molecular complexity index is 644. The topological polar surface area (TPSA) is 38.0 Å². The van der Waals surface area contributed by atoms with Crippen molar-refractivity contribution in [2.45, 2.75) is 13.0 Å². The molecule has 5 heteroatoms. The van der Waals surface area contributed by atoms with E-state index >= 15 is 0 Å². The first-order valence-corrected chi connectivity index (χ1v) is 7.25. The zero-order valence-electron chi connectivity index (χ0n) is 10.9. The second-order valence-electron chi connectivity index (χ2n) is 4.48. The van der Waals surface area contributed by atoms with Crippen molar-refractivity contribution in [2.24, 2.45) is 5.73 Å². The summed E-state index contributed by atoms with van der Waals surface area (Å²) in [6, 6.07) is 13.4. The summed E-state index contributed by atoms with van der Waals surface area (Å²) in [5.74, 6) is 0. The van der Waals surface area contributed by atoms with Crippen molar-refractivity contribution in [2.75, 3.05) is 5.32 Å². The van der Waals surface area contributed by atoms with Crippen LogP contribution in [0.25, 0.3) is 0 Å². The first kappa shape index (κ1) is 15.1. The van der Waals surface area contributed by atoms with Crippen molar-refractivity contribution >= 4 is 46.1 Å². The molecule has 1 atom stereocenters. The van der Waals surface area contributed by atoms with Gasteiger partial charge in [-0.25, -0.2) is 0 Å². The molecule has 0 aliphatic carbocycles. The summed E-state index contributed by atoms with van der Waals surface area (Å²) in [6.07, 6.45) is 0. The van der Waals surface area contributed by atoms with Crippen molar-refractivity contribution in [1.82, 2.24) is 0 Å². The third-order valence-electron chi connectivity index (χ3n) is 2.97. The molecule has 0 heterocycles. The molecule has 3 N–H and O–H groups in total. The quantitative estimate of drug-likeness (QED) is 0.793. The molecule has 2 nitrogen and oxygen atoms in total. The van der Waals surface area contributed by atoms with Gasteiger partial charge in [0.2, 0.25) is 0 Å². The van der Waals surface area contributed by atoms with Crippen LogP contribution < -0.4 is 11.1 Å². The van der Waals surface area contributed by atoms with Crippen molar-refractivity contribution in [3.63, 3.8) is 0 Å². The number of hydrogen-bond acceptors (Lipinski definition) is 2. The molecule has 0 saturated heterocycles. The maximum Gasteiger partial charge on any atom is 0.105 e. The standard InChI is InChI=1S/C15H14Cl2N2S/c1-9(10-3-2-4-11(16)7-10)19-12-5-6-13(15(18)20)14(17)8-12/h2-9,19H,1H3,(H2,18,20). The van der Waals surface area contributed by atoms with Gasteiger partial charge in [-0.05, 0) is 42.8 Å². The molecular weight excluding hydrogens is 311 g/mol. The van der Waals surface area contributed by atoms with E-state index in [1.165, 1.54) is 0 Å². The monoisotopic (exact) mass is 324 g/mol. The van der Waals surface area contributed by atoms with Crippen LogP contribution in [-0.4, -0.2) is 4.99 Å². The molecule has 0 radical (unpaired) electrons. The Labute approximate surface area is 133 Å². The third kappa shape index (κ3) is 3.63. The van der Waals surface area contributed by atoms with Gasteiger partial charge in [0, 0.05) is 22.3 Å². The lowest BCUT2D eigenvalue weighted by atomic mass is 10.1. The molecule has 0 saturated carbocycles. The van der Waals surface area contributed by atoms with Gasteiger partial charge in [-0.2, -0.15) is 0 Å². The predicted molar refractivity (Wildman–Crippen MR) is 90.8 cm³/mol. The van der Waals surface area contributed by atoms with Crippen molar-refractivity contribution in [3.05, 3.63) is 63.6 Å². The lowest BCUT2D eigenvalue weighted by Gasteiger charge is -2.17. The van der Waals surface area contributed by atoms with E-state index in [2.05, 4.69) is 12.2 Å². The Balaban J connectivity index is 2.18. The Morgan fingerprint density at radius 1 is 1.20 bits per heavy atom. The van der Waals surface area contributed by atoms with E-state index in [0.717, 1.165) is 16.3 Å². The number of anilines is 1. The van der Waals surface area contributed by atoms with E-state index in [1.807, 2.05) is 42.5 Å². The van der Waals surface area contributed by atoms with Gasteiger partial charge in [0.25, 0.3) is 0 Å². The summed E-state index contributed by atoms with van der Waals surface area (Å²) in [5, 5.41) is 4.63. The zero-order chi connectivity index (χ0) is 14.7. The maximum absolute atomic E-state index is 6.15. The maximum atomic E-state index is 6.15. The van der Waals surface area contributed by atoms with E-state index in [0.29, 0.717) is 15.6 Å². The van der Waals surface area contributed by atoms with E-state index in [1.54, 1.807) is 0 Å². The van der Waals surface area contributed by atoms with Gasteiger partial charge in [0.05, 0.1) is 5.02 Å². The highest BCUT2D eigenvalue weighted by Gasteiger charge is 2.08. The molecule has 2 aromatic rings. The molecule has 0 bridgehead atoms. The number of nitrogens with two attached hydrogens (primary N) is 1. The highest BCUT2D eigenvalue weighted by Crippen LogP contribution is 2.25. The van der Waals surface area contributed by atoms with Crippen LogP contribution in [0, 0.1) is 0 Å². The predicted octanol–water partition coefficient (Wildman–Crippen LogP) is 4.80. The smallest absolute Gasteiger partial charge is 0.105 e. The molecule has 0 aliphatic rings. The molecule has 20 heavy (non-hydrogen) atoms. The Morgan fingerprint density at radius 2 is 1.95 bits per heavy atom. The van der Waals surface area contributed by atoms with Crippen LogP contribution in [0.3, 0.4) is 0 Å². The van der Waals surface area contributed by atoms with Crippen molar-refractivity contribution in [3.8, 4) is 0 Å². The number of rotatable bonds is 4. The summed E-state index contributed by atoms with van der Waals surface area (Å²) in [4.78, 5) is 0.296. The fraction of sp³-hybridized carbons (Fsp3) is 0.133. The Hall–Kier alpha value is -1.29. The Kier molecular flexibility index (Phi) is 4.86. The van der Waals surface area contributed by atoms with Crippen LogP contribution >= 0.6 is 35.4 Å². The molecule has 0 aliphatic heterocycles. The molecule has 0 amide bonds. The molecule has 2 aromatic carbocycles. The van der Waals surface area contributed by atoms with Gasteiger partial charge in [0.1, 0.15) is 4.99 Å². The normalized spacial score (nSPS) is 11.9. The lowest BCUT2D eigenvalue weighted by Crippen LogP contribution is -2.11. The number of benzene rings is 2. The van der Waals surface area contributed by atoms with Gasteiger partial charge < -0.3 is 11.1 Å². The number of hydrogen-bond donors (Lipinski definition) is 2. The van der Waals surface area contributed by atoms with Crippen molar-refractivity contribution in [1.29, 1.82) is 0 Å². The highest BCUT2D eigenvalue weighted by atomic mass is 35.5. The highest BCUT2D eigenvalue weighted by molar-refractivity contribution is 7.80. The van der Waals surface area contributed by atoms with Gasteiger partial charge in [-0.1, -0.05) is 47.6 Å². The van der Waals surface area contributed by atoms with Crippen molar-refractivity contribution < 1.29 is 0 Å². The number of halogens is 2. The average molecular weight is 325 g/mol. The third-order valence-corrected chi connectivity index (χ3v) is 3.73. The lowest BCUT2D eigenvalue weighted by molar-refractivity contribution is 0.885. The van der Waals surface area contributed by atoms with Gasteiger partial charge >= 0.3 is 0 Å². The fourth-order valence-electron chi connectivity index (χ4n) is 1.91. The second-order valence-corrected chi connectivity index (χ2v) is 5.76. The van der Waals surface area contributed by atoms with Crippen LogP contribution in [0.15, 0.2) is 42.5 Å². The Morgan fingerprint density at radius 3 is 2.55 bits per heavy atom. The summed E-state index contributed by atoms with van der Waals surface area (Å²) in [7, 11) is 0. The summed E-state index contributed by atoms with van der Waals surface area (Å²) in [5.41, 5.74) is 8.28. The minimum Gasteiger partial charge on any atom is -0.389 e. The fourth-order valence-corrected chi connectivity index (χ4v) is 2.63. The SMILES string of the molecule is CC(Nc1ccc(C(N)=S)c(Cl)c1)c1cccc(Cl)c1. The minimum absolute atomic E-state index is 0.112. The molecule has 1 unspecified atom stereocenters. The van der Waals surface area contributed by atoms with Gasteiger partial charge in [-0.3, -0.25) is 0 Å². The molecule has 0 aromatic heterocycles. The van der Waals surface area contributed by atoms with Gasteiger partial charge in [-0.15, -0.1) is 0 Å². The molecular formula is C15H14Cl2N2S. The van der Waals surface area contributed by atoms with E-state index in [9.17, 15) is 0 Å². The van der Waals surface area contributed by atoms with E-state index in [-0.39, 0.29) is 6.04 Å². The average Bonchev–Trinajstić information content (AvgIpc) is 2.38. The van der Waals surface area contributed by atoms with Gasteiger partial charge in [0.15, 0.2) is 0 Å². The minimum atomic E-state index is 0.112. The molecule has 0 spiro atoms. The first-order chi connectivity index (χ1) is 9.47. The van der Waals surface area contributed by atoms with Crippen LogP contribution in [0.1, 0.15) is 24.1 Å². The summed E-state index contributed by atoms with van der Waals surface area (Å²) >= 11 is 17.1. The number of thiocarbonyl (C=S) groups is 1. The molecule has 104 valence electrons. The largest absolute Gasteiger partial charge is 0.389 e. The van der Waals surface area contributed by atoms with Crippen LogP contribution in [0.4, 0.5) is 5.69 Å². The van der Waals surface area contributed by atoms with E-state index < -0.39 is 0 Å². The first-order valence-electron chi connectivity index (χ1n) is 6.08. The van der Waals surface area contributed by atoms with E-state index in [4.69, 9.17) is 41.2 Å². The summed E-state index contributed by atoms with van der Waals surface area (Å²) < 4.78 is 0. The molecule has 2 rings (SSSR count). The molecule has 0 fully saturated rings.